The van der Waals surface area contributed by atoms with E-state index in [2.05, 4.69) is 10.2 Å². The molecule has 1 aliphatic heterocycles. The van der Waals surface area contributed by atoms with Crippen LogP contribution in [-0.2, 0) is 0 Å². The van der Waals surface area contributed by atoms with Crippen LogP contribution in [0.25, 0.3) is 0 Å². The molecule has 1 atom stereocenters. The third-order valence-corrected chi connectivity index (χ3v) is 5.08. The van der Waals surface area contributed by atoms with Crippen LogP contribution in [0.4, 0.5) is 11.4 Å². The van der Waals surface area contributed by atoms with Crippen molar-refractivity contribution in [3.05, 3.63) is 63.2 Å². The molecular weight excluding hydrogens is 358 g/mol. The third-order valence-electron chi connectivity index (χ3n) is 5.08. The SMILES string of the molecule is COc1ccc(C)cc1C(C)NC(=O)c1cc([N+](=O)[O-])ccc1N1CCCC1. The van der Waals surface area contributed by atoms with Crippen molar-refractivity contribution >= 4 is 17.3 Å². The molecule has 2 aromatic rings. The molecule has 1 fully saturated rings. The van der Waals surface area contributed by atoms with Crippen molar-refractivity contribution in [2.75, 3.05) is 25.1 Å². The Bertz CT molecular complexity index is 891. The molecule has 7 heteroatoms. The second-order valence-corrected chi connectivity index (χ2v) is 7.09. The number of hydrogen-bond acceptors (Lipinski definition) is 5. The van der Waals surface area contributed by atoms with Gasteiger partial charge in [0, 0.05) is 30.8 Å². The molecule has 7 nitrogen and oxygen atoms in total. The van der Waals surface area contributed by atoms with Gasteiger partial charge >= 0.3 is 0 Å². The van der Waals surface area contributed by atoms with Crippen molar-refractivity contribution in [1.82, 2.24) is 5.32 Å². The summed E-state index contributed by atoms with van der Waals surface area (Å²) >= 11 is 0. The Balaban J connectivity index is 1.91. The first-order valence-electron chi connectivity index (χ1n) is 9.39. The summed E-state index contributed by atoms with van der Waals surface area (Å²) in [5, 5.41) is 14.2. The molecule has 0 saturated carbocycles. The highest BCUT2D eigenvalue weighted by Gasteiger charge is 2.24. The molecule has 0 radical (unpaired) electrons. The van der Waals surface area contributed by atoms with Crippen molar-refractivity contribution in [2.24, 2.45) is 0 Å². The summed E-state index contributed by atoms with van der Waals surface area (Å²) in [5.74, 6) is 0.360. The molecular formula is C21H25N3O4. The van der Waals surface area contributed by atoms with E-state index in [1.807, 2.05) is 32.0 Å². The van der Waals surface area contributed by atoms with Gasteiger partial charge in [0.05, 0.1) is 29.3 Å². The van der Waals surface area contributed by atoms with Gasteiger partial charge in [-0.3, -0.25) is 14.9 Å². The Morgan fingerprint density at radius 1 is 1.21 bits per heavy atom. The summed E-state index contributed by atoms with van der Waals surface area (Å²) in [6.07, 6.45) is 2.10. The highest BCUT2D eigenvalue weighted by atomic mass is 16.6. The molecule has 0 bridgehead atoms. The predicted octanol–water partition coefficient (Wildman–Crippen LogP) is 4.00. The zero-order valence-electron chi connectivity index (χ0n) is 16.4. The number of ether oxygens (including phenoxy) is 1. The van der Waals surface area contributed by atoms with Crippen LogP contribution in [0.2, 0.25) is 0 Å². The maximum absolute atomic E-state index is 13.1. The lowest BCUT2D eigenvalue weighted by Crippen LogP contribution is -2.29. The predicted molar refractivity (Wildman–Crippen MR) is 108 cm³/mol. The molecule has 2 aromatic carbocycles. The maximum atomic E-state index is 13.1. The number of hydrogen-bond donors (Lipinski definition) is 1. The molecule has 0 aliphatic carbocycles. The number of rotatable bonds is 6. The van der Waals surface area contributed by atoms with Crippen LogP contribution in [-0.4, -0.2) is 31.0 Å². The number of non-ortho nitro benzene ring substituents is 1. The molecule has 1 unspecified atom stereocenters. The number of nitro benzene ring substituents is 1. The number of nitrogens with one attached hydrogen (secondary N) is 1. The quantitative estimate of drug-likeness (QED) is 0.602. The van der Waals surface area contributed by atoms with E-state index in [1.54, 1.807) is 13.2 Å². The topological polar surface area (TPSA) is 84.7 Å². The lowest BCUT2D eigenvalue weighted by atomic mass is 10.0. The van der Waals surface area contributed by atoms with E-state index >= 15 is 0 Å². The summed E-state index contributed by atoms with van der Waals surface area (Å²) < 4.78 is 5.42. The zero-order chi connectivity index (χ0) is 20.3. The molecule has 1 amide bonds. The Morgan fingerprint density at radius 3 is 2.57 bits per heavy atom. The van der Waals surface area contributed by atoms with Crippen LogP contribution in [0.5, 0.6) is 5.75 Å². The van der Waals surface area contributed by atoms with E-state index in [0.29, 0.717) is 11.3 Å². The van der Waals surface area contributed by atoms with Gasteiger partial charge in [-0.15, -0.1) is 0 Å². The molecule has 28 heavy (non-hydrogen) atoms. The average Bonchev–Trinajstić information content (AvgIpc) is 3.21. The largest absolute Gasteiger partial charge is 0.496 e. The smallest absolute Gasteiger partial charge is 0.270 e. The maximum Gasteiger partial charge on any atom is 0.270 e. The van der Waals surface area contributed by atoms with Gasteiger partial charge < -0.3 is 15.0 Å². The summed E-state index contributed by atoms with van der Waals surface area (Å²) in [6.45, 7) is 5.55. The number of methoxy groups -OCH3 is 1. The number of nitrogens with zero attached hydrogens (tertiary/aromatic N) is 2. The van der Waals surface area contributed by atoms with Gasteiger partial charge in [0.15, 0.2) is 0 Å². The fourth-order valence-corrected chi connectivity index (χ4v) is 3.60. The van der Waals surface area contributed by atoms with E-state index in [1.165, 1.54) is 12.1 Å². The van der Waals surface area contributed by atoms with Crippen molar-refractivity contribution in [3.8, 4) is 5.75 Å². The van der Waals surface area contributed by atoms with Crippen LogP contribution < -0.4 is 15.0 Å². The van der Waals surface area contributed by atoms with Crippen LogP contribution in [0.3, 0.4) is 0 Å². The van der Waals surface area contributed by atoms with Gasteiger partial charge in [-0.2, -0.15) is 0 Å². The van der Waals surface area contributed by atoms with E-state index in [-0.39, 0.29) is 17.6 Å². The molecule has 148 valence electrons. The number of carbonyl (C=O) groups is 1. The lowest BCUT2D eigenvalue weighted by Gasteiger charge is -2.23. The first-order valence-corrected chi connectivity index (χ1v) is 9.39. The fourth-order valence-electron chi connectivity index (χ4n) is 3.60. The van der Waals surface area contributed by atoms with Gasteiger partial charge in [0.1, 0.15) is 5.75 Å². The Morgan fingerprint density at radius 2 is 1.93 bits per heavy atom. The minimum Gasteiger partial charge on any atom is -0.496 e. The van der Waals surface area contributed by atoms with E-state index in [9.17, 15) is 14.9 Å². The van der Waals surface area contributed by atoms with E-state index < -0.39 is 4.92 Å². The molecule has 0 aromatic heterocycles. The number of anilines is 1. The van der Waals surface area contributed by atoms with E-state index in [4.69, 9.17) is 4.74 Å². The Hall–Kier alpha value is -3.09. The summed E-state index contributed by atoms with van der Waals surface area (Å²) in [4.78, 5) is 25.9. The molecule has 0 spiro atoms. The second kappa shape index (κ2) is 8.29. The Labute approximate surface area is 164 Å². The highest BCUT2D eigenvalue weighted by Crippen LogP contribution is 2.30. The zero-order valence-corrected chi connectivity index (χ0v) is 16.4. The van der Waals surface area contributed by atoms with Crippen LogP contribution >= 0.6 is 0 Å². The van der Waals surface area contributed by atoms with Crippen LogP contribution in [0, 0.1) is 17.0 Å². The van der Waals surface area contributed by atoms with Crippen molar-refractivity contribution in [3.63, 3.8) is 0 Å². The first kappa shape index (κ1) is 19.7. The van der Waals surface area contributed by atoms with E-state index in [0.717, 1.165) is 42.7 Å². The van der Waals surface area contributed by atoms with Crippen molar-refractivity contribution < 1.29 is 14.5 Å². The minimum absolute atomic E-state index is 0.0890. The minimum atomic E-state index is -0.475. The molecule has 1 aliphatic rings. The van der Waals surface area contributed by atoms with Gasteiger partial charge in [-0.05, 0) is 38.8 Å². The summed E-state index contributed by atoms with van der Waals surface area (Å²) in [6, 6.07) is 9.97. The van der Waals surface area contributed by atoms with Gasteiger partial charge in [0.25, 0.3) is 11.6 Å². The average molecular weight is 383 g/mol. The monoisotopic (exact) mass is 383 g/mol. The normalized spacial score (nSPS) is 14.6. The van der Waals surface area contributed by atoms with Gasteiger partial charge in [-0.25, -0.2) is 0 Å². The van der Waals surface area contributed by atoms with Crippen molar-refractivity contribution in [2.45, 2.75) is 32.7 Å². The third kappa shape index (κ3) is 4.08. The molecule has 1 heterocycles. The number of carbonyl (C=O) groups excluding carboxylic acids is 1. The van der Waals surface area contributed by atoms with Crippen molar-refractivity contribution in [1.29, 1.82) is 0 Å². The standard InChI is InChI=1S/C21H25N3O4/c1-14-6-9-20(28-3)17(12-14)15(2)22-21(25)18-13-16(24(26)27)7-8-19(18)23-10-4-5-11-23/h6-9,12-13,15H,4-5,10-11H2,1-3H3,(H,22,25). The first-order chi connectivity index (χ1) is 13.4. The number of benzene rings is 2. The summed E-state index contributed by atoms with van der Waals surface area (Å²) in [7, 11) is 1.59. The molecule has 3 rings (SSSR count). The van der Waals surface area contributed by atoms with Gasteiger partial charge in [0.2, 0.25) is 0 Å². The van der Waals surface area contributed by atoms with Crippen LogP contribution in [0.15, 0.2) is 36.4 Å². The second-order valence-electron chi connectivity index (χ2n) is 7.09. The highest BCUT2D eigenvalue weighted by molar-refractivity contribution is 6.00. The van der Waals surface area contributed by atoms with Gasteiger partial charge in [-0.1, -0.05) is 17.7 Å². The molecule has 1 saturated heterocycles. The Kier molecular flexibility index (Phi) is 5.82. The number of nitro groups is 1. The fraction of sp³-hybridized carbons (Fsp3) is 0.381. The number of amides is 1. The lowest BCUT2D eigenvalue weighted by molar-refractivity contribution is -0.384. The summed E-state index contributed by atoms with van der Waals surface area (Å²) in [5.41, 5.74) is 2.90. The number of aryl methyl sites for hydroxylation is 1. The molecule has 1 N–H and O–H groups in total. The van der Waals surface area contributed by atoms with Crippen LogP contribution in [0.1, 0.15) is 47.3 Å².